The zero-order valence-corrected chi connectivity index (χ0v) is 12.5. The Kier molecular flexibility index (Phi) is 6.03. The van der Waals surface area contributed by atoms with E-state index in [9.17, 15) is 4.79 Å². The summed E-state index contributed by atoms with van der Waals surface area (Å²) in [6, 6.07) is 10.4. The van der Waals surface area contributed by atoms with Gasteiger partial charge in [-0.25, -0.2) is 0 Å². The Morgan fingerprint density at radius 2 is 1.79 bits per heavy atom. The van der Waals surface area contributed by atoms with Crippen molar-refractivity contribution >= 4 is 5.91 Å². The van der Waals surface area contributed by atoms with E-state index in [1.165, 1.54) is 5.56 Å². The van der Waals surface area contributed by atoms with Crippen LogP contribution in [0.1, 0.15) is 38.7 Å². The summed E-state index contributed by atoms with van der Waals surface area (Å²) in [7, 11) is 1.84. The summed E-state index contributed by atoms with van der Waals surface area (Å²) in [6.45, 7) is 6.80. The molecule has 0 aliphatic heterocycles. The third kappa shape index (κ3) is 4.35. The van der Waals surface area contributed by atoms with E-state index in [0.29, 0.717) is 18.9 Å². The third-order valence-electron chi connectivity index (χ3n) is 3.82. The van der Waals surface area contributed by atoms with Gasteiger partial charge in [0.15, 0.2) is 0 Å². The lowest BCUT2D eigenvalue weighted by atomic mass is 9.85. The molecule has 2 atom stereocenters. The molecule has 2 unspecified atom stereocenters. The number of hydrogen-bond acceptors (Lipinski definition) is 2. The molecule has 106 valence electrons. The molecular weight excluding hydrogens is 236 g/mol. The van der Waals surface area contributed by atoms with Crippen LogP contribution in [0.25, 0.3) is 0 Å². The average molecular weight is 262 g/mol. The van der Waals surface area contributed by atoms with Crippen molar-refractivity contribution in [2.75, 3.05) is 13.6 Å². The van der Waals surface area contributed by atoms with E-state index in [-0.39, 0.29) is 17.9 Å². The van der Waals surface area contributed by atoms with E-state index in [4.69, 9.17) is 5.73 Å². The van der Waals surface area contributed by atoms with Crippen molar-refractivity contribution in [3.05, 3.63) is 35.9 Å². The molecule has 3 heteroatoms. The lowest BCUT2D eigenvalue weighted by Crippen LogP contribution is -2.40. The number of nitrogens with zero attached hydrogens (tertiary/aromatic N) is 1. The summed E-state index contributed by atoms with van der Waals surface area (Å²) in [6.07, 6.45) is 0.544. The van der Waals surface area contributed by atoms with Gasteiger partial charge in [0.05, 0.1) is 0 Å². The zero-order valence-electron chi connectivity index (χ0n) is 12.5. The highest BCUT2D eigenvalue weighted by atomic mass is 16.2. The summed E-state index contributed by atoms with van der Waals surface area (Å²) in [5.41, 5.74) is 6.85. The van der Waals surface area contributed by atoms with E-state index < -0.39 is 0 Å². The van der Waals surface area contributed by atoms with Gasteiger partial charge in [-0.2, -0.15) is 0 Å². The van der Waals surface area contributed by atoms with E-state index in [1.54, 1.807) is 4.90 Å². The largest absolute Gasteiger partial charge is 0.342 e. The van der Waals surface area contributed by atoms with Crippen molar-refractivity contribution in [3.8, 4) is 0 Å². The van der Waals surface area contributed by atoms with Gasteiger partial charge in [-0.15, -0.1) is 0 Å². The van der Waals surface area contributed by atoms with Crippen LogP contribution in [0.3, 0.4) is 0 Å². The molecule has 3 nitrogen and oxygen atoms in total. The van der Waals surface area contributed by atoms with Crippen LogP contribution in [0.4, 0.5) is 0 Å². The third-order valence-corrected chi connectivity index (χ3v) is 3.82. The SMILES string of the molecule is CC(C)C(CC(=O)N(C)C(C)CN)c1ccccc1. The van der Waals surface area contributed by atoms with Crippen molar-refractivity contribution in [3.63, 3.8) is 0 Å². The maximum absolute atomic E-state index is 12.3. The molecule has 1 amide bonds. The molecule has 1 rings (SSSR count). The molecule has 0 fully saturated rings. The molecule has 0 bridgehead atoms. The van der Waals surface area contributed by atoms with Crippen LogP contribution >= 0.6 is 0 Å². The number of rotatable bonds is 6. The molecule has 0 spiro atoms. The van der Waals surface area contributed by atoms with Gasteiger partial charge in [0.2, 0.25) is 5.91 Å². The standard InChI is InChI=1S/C16H26N2O/c1-12(2)15(14-8-6-5-7-9-14)10-16(19)18(4)13(3)11-17/h5-9,12-13,15H,10-11,17H2,1-4H3. The smallest absolute Gasteiger partial charge is 0.223 e. The van der Waals surface area contributed by atoms with Gasteiger partial charge in [-0.3, -0.25) is 4.79 Å². The molecular formula is C16H26N2O. The van der Waals surface area contributed by atoms with Crippen molar-refractivity contribution in [1.82, 2.24) is 4.90 Å². The summed E-state index contributed by atoms with van der Waals surface area (Å²) in [5, 5.41) is 0. The van der Waals surface area contributed by atoms with Gasteiger partial charge in [0.1, 0.15) is 0 Å². The molecule has 0 aliphatic rings. The molecule has 1 aromatic rings. The number of carbonyl (C=O) groups is 1. The summed E-state index contributed by atoms with van der Waals surface area (Å²) < 4.78 is 0. The zero-order chi connectivity index (χ0) is 14.4. The van der Waals surface area contributed by atoms with Gasteiger partial charge in [0.25, 0.3) is 0 Å². The van der Waals surface area contributed by atoms with E-state index >= 15 is 0 Å². The van der Waals surface area contributed by atoms with Crippen LogP contribution in [0.5, 0.6) is 0 Å². The minimum absolute atomic E-state index is 0.0936. The predicted octanol–water partition coefficient (Wildman–Crippen LogP) is 2.62. The quantitative estimate of drug-likeness (QED) is 0.856. The number of carbonyl (C=O) groups excluding carboxylic acids is 1. The van der Waals surface area contributed by atoms with E-state index in [2.05, 4.69) is 26.0 Å². The fourth-order valence-electron chi connectivity index (χ4n) is 2.17. The number of amides is 1. The molecule has 1 aromatic carbocycles. The average Bonchev–Trinajstić information content (AvgIpc) is 2.43. The normalized spacial score (nSPS) is 14.2. The molecule has 0 saturated heterocycles. The number of hydrogen-bond donors (Lipinski definition) is 1. The lowest BCUT2D eigenvalue weighted by molar-refractivity contribution is -0.132. The van der Waals surface area contributed by atoms with Crippen LogP contribution in [-0.4, -0.2) is 30.4 Å². The summed E-state index contributed by atoms with van der Waals surface area (Å²) in [4.78, 5) is 14.1. The highest BCUT2D eigenvalue weighted by Crippen LogP contribution is 2.28. The predicted molar refractivity (Wildman–Crippen MR) is 79.9 cm³/mol. The minimum atomic E-state index is 0.0936. The fraction of sp³-hybridized carbons (Fsp3) is 0.562. The highest BCUT2D eigenvalue weighted by Gasteiger charge is 2.23. The van der Waals surface area contributed by atoms with Crippen LogP contribution in [0, 0.1) is 5.92 Å². The first kappa shape index (κ1) is 15.7. The minimum Gasteiger partial charge on any atom is -0.342 e. The van der Waals surface area contributed by atoms with Crippen molar-refractivity contribution in [1.29, 1.82) is 0 Å². The molecule has 19 heavy (non-hydrogen) atoms. The Morgan fingerprint density at radius 3 is 2.26 bits per heavy atom. The second-order valence-corrected chi connectivity index (χ2v) is 5.55. The molecule has 0 aromatic heterocycles. The maximum Gasteiger partial charge on any atom is 0.223 e. The molecule has 0 saturated carbocycles. The molecule has 0 aliphatic carbocycles. The van der Waals surface area contributed by atoms with Crippen LogP contribution < -0.4 is 5.73 Å². The van der Waals surface area contributed by atoms with Crippen molar-refractivity contribution in [2.24, 2.45) is 11.7 Å². The Morgan fingerprint density at radius 1 is 1.21 bits per heavy atom. The Bertz CT molecular complexity index is 389. The second-order valence-electron chi connectivity index (χ2n) is 5.55. The summed E-state index contributed by atoms with van der Waals surface area (Å²) >= 11 is 0. The first-order valence-corrected chi connectivity index (χ1v) is 6.98. The summed E-state index contributed by atoms with van der Waals surface area (Å²) in [5.74, 6) is 0.870. The highest BCUT2D eigenvalue weighted by molar-refractivity contribution is 5.77. The van der Waals surface area contributed by atoms with E-state index in [0.717, 1.165) is 0 Å². The first-order valence-electron chi connectivity index (χ1n) is 6.98. The first-order chi connectivity index (χ1) is 8.97. The number of benzene rings is 1. The van der Waals surface area contributed by atoms with Gasteiger partial charge in [-0.05, 0) is 24.3 Å². The molecule has 0 heterocycles. The monoisotopic (exact) mass is 262 g/mol. The lowest BCUT2D eigenvalue weighted by Gasteiger charge is -2.27. The number of likely N-dealkylation sites (N-methyl/N-ethyl adjacent to an activating group) is 1. The molecule has 2 N–H and O–H groups in total. The van der Waals surface area contributed by atoms with Crippen LogP contribution in [-0.2, 0) is 4.79 Å². The Labute approximate surface area is 116 Å². The number of nitrogens with two attached hydrogens (primary N) is 1. The van der Waals surface area contributed by atoms with Crippen molar-refractivity contribution in [2.45, 2.75) is 39.2 Å². The maximum atomic E-state index is 12.3. The Balaban J connectivity index is 2.78. The van der Waals surface area contributed by atoms with Crippen molar-refractivity contribution < 1.29 is 4.79 Å². The Hall–Kier alpha value is -1.35. The van der Waals surface area contributed by atoms with Crippen LogP contribution in [0.15, 0.2) is 30.3 Å². The van der Waals surface area contributed by atoms with Gasteiger partial charge in [0, 0.05) is 26.1 Å². The van der Waals surface area contributed by atoms with Crippen LogP contribution in [0.2, 0.25) is 0 Å². The fourth-order valence-corrected chi connectivity index (χ4v) is 2.17. The van der Waals surface area contributed by atoms with Gasteiger partial charge >= 0.3 is 0 Å². The second kappa shape index (κ2) is 7.29. The van der Waals surface area contributed by atoms with E-state index in [1.807, 2.05) is 32.2 Å². The molecule has 0 radical (unpaired) electrons. The van der Waals surface area contributed by atoms with Gasteiger partial charge in [-0.1, -0.05) is 44.2 Å². The van der Waals surface area contributed by atoms with Gasteiger partial charge < -0.3 is 10.6 Å². The topological polar surface area (TPSA) is 46.3 Å².